The third kappa shape index (κ3) is 3.98. The molecule has 3 aliphatic carbocycles. The first kappa shape index (κ1) is 20.2. The minimum atomic E-state index is -0.589. The van der Waals surface area contributed by atoms with Crippen molar-refractivity contribution in [3.63, 3.8) is 0 Å². The van der Waals surface area contributed by atoms with Crippen molar-refractivity contribution in [3.05, 3.63) is 52.9 Å². The average Bonchev–Trinajstić information content (AvgIpc) is 2.66. The Balaban J connectivity index is 1.26. The van der Waals surface area contributed by atoms with Gasteiger partial charge >= 0.3 is 0 Å². The summed E-state index contributed by atoms with van der Waals surface area (Å²) in [6.45, 7) is -0.193. The number of ether oxygens (including phenoxy) is 1. The third-order valence-corrected chi connectivity index (χ3v) is 6.62. The number of nitrogens with one attached hydrogen (secondary N) is 1. The highest BCUT2D eigenvalue weighted by molar-refractivity contribution is 7.98. The van der Waals surface area contributed by atoms with Gasteiger partial charge in [0.1, 0.15) is 16.6 Å². The van der Waals surface area contributed by atoms with Crippen molar-refractivity contribution in [1.29, 1.82) is 0 Å². The molecule has 0 radical (unpaired) electrons. The van der Waals surface area contributed by atoms with Crippen molar-refractivity contribution < 1.29 is 18.7 Å². The molecule has 2 aromatic rings. The van der Waals surface area contributed by atoms with E-state index in [0.717, 1.165) is 30.4 Å². The van der Waals surface area contributed by atoms with Crippen LogP contribution in [0, 0.1) is 11.2 Å². The molecule has 3 aliphatic rings. The van der Waals surface area contributed by atoms with Crippen LogP contribution in [0.4, 0.5) is 4.39 Å². The molecule has 1 aromatic carbocycles. The second-order valence-corrected chi connectivity index (χ2v) is 9.09. The minimum Gasteiger partial charge on any atom is -0.484 e. The Hall–Kier alpha value is -2.12. The van der Waals surface area contributed by atoms with Crippen LogP contribution in [0.5, 0.6) is 5.75 Å². The van der Waals surface area contributed by atoms with E-state index in [-0.39, 0.29) is 40.0 Å². The standard InChI is InChI=1S/C21H20ClFN2O3S/c1-29-19-14(3-2-6-24-19)17(26)8-20-10-21(11-20,12-20)25-18(27)9-28-13-4-5-15(22)16(23)7-13/h2-7H,8-12H2,1H3,(H,25,27). The van der Waals surface area contributed by atoms with Crippen LogP contribution in [0.1, 0.15) is 36.0 Å². The number of halogens is 2. The van der Waals surface area contributed by atoms with Gasteiger partial charge in [-0.1, -0.05) is 11.6 Å². The Morgan fingerprint density at radius 1 is 1.31 bits per heavy atom. The first-order chi connectivity index (χ1) is 13.8. The van der Waals surface area contributed by atoms with Crippen molar-refractivity contribution in [1.82, 2.24) is 10.3 Å². The largest absolute Gasteiger partial charge is 0.484 e. The van der Waals surface area contributed by atoms with Crippen LogP contribution in [0.25, 0.3) is 0 Å². The van der Waals surface area contributed by atoms with E-state index in [1.165, 1.54) is 23.9 Å². The highest BCUT2D eigenvalue weighted by Gasteiger charge is 2.68. The smallest absolute Gasteiger partial charge is 0.258 e. The second kappa shape index (κ2) is 7.61. The maximum absolute atomic E-state index is 13.4. The van der Waals surface area contributed by atoms with Gasteiger partial charge in [0, 0.05) is 29.8 Å². The first-order valence-electron chi connectivity index (χ1n) is 9.25. The first-order valence-corrected chi connectivity index (χ1v) is 10.9. The van der Waals surface area contributed by atoms with Gasteiger partial charge in [-0.25, -0.2) is 9.37 Å². The van der Waals surface area contributed by atoms with E-state index in [0.29, 0.717) is 12.0 Å². The van der Waals surface area contributed by atoms with Crippen LogP contribution in [0.3, 0.4) is 0 Å². The Labute approximate surface area is 177 Å². The number of ketones is 1. The monoisotopic (exact) mass is 434 g/mol. The fourth-order valence-corrected chi connectivity index (χ4v) is 5.25. The molecular weight excluding hydrogens is 415 g/mol. The van der Waals surface area contributed by atoms with Crippen LogP contribution < -0.4 is 10.1 Å². The van der Waals surface area contributed by atoms with Crippen LogP contribution in [0.2, 0.25) is 5.02 Å². The highest BCUT2D eigenvalue weighted by Crippen LogP contribution is 2.69. The van der Waals surface area contributed by atoms with Crippen molar-refractivity contribution >= 4 is 35.1 Å². The van der Waals surface area contributed by atoms with Crippen LogP contribution in [0.15, 0.2) is 41.6 Å². The second-order valence-electron chi connectivity index (χ2n) is 7.88. The molecule has 1 amide bonds. The minimum absolute atomic E-state index is 0.00597. The molecule has 152 valence electrons. The Morgan fingerprint density at radius 3 is 2.76 bits per heavy atom. The predicted molar refractivity (Wildman–Crippen MR) is 109 cm³/mol. The number of amides is 1. The highest BCUT2D eigenvalue weighted by atomic mass is 35.5. The Morgan fingerprint density at radius 2 is 2.07 bits per heavy atom. The number of hydrogen-bond donors (Lipinski definition) is 1. The van der Waals surface area contributed by atoms with Crippen molar-refractivity contribution in [2.45, 2.75) is 36.2 Å². The number of pyridine rings is 1. The summed E-state index contributed by atoms with van der Waals surface area (Å²) in [4.78, 5) is 29.1. The van der Waals surface area contributed by atoms with Crippen molar-refractivity contribution in [2.75, 3.05) is 12.9 Å². The van der Waals surface area contributed by atoms with E-state index in [1.54, 1.807) is 12.3 Å². The molecule has 29 heavy (non-hydrogen) atoms. The average molecular weight is 435 g/mol. The SMILES string of the molecule is CSc1ncccc1C(=O)CC12CC(NC(=O)COc3ccc(Cl)c(F)c3)(C1)C2. The van der Waals surface area contributed by atoms with Crippen molar-refractivity contribution in [3.8, 4) is 5.75 Å². The van der Waals surface area contributed by atoms with Crippen LogP contribution >= 0.6 is 23.4 Å². The molecule has 2 bridgehead atoms. The summed E-state index contributed by atoms with van der Waals surface area (Å²) >= 11 is 7.10. The summed E-state index contributed by atoms with van der Waals surface area (Å²) in [5, 5.41) is 3.76. The van der Waals surface area contributed by atoms with E-state index >= 15 is 0 Å². The van der Waals surface area contributed by atoms with E-state index in [9.17, 15) is 14.0 Å². The van der Waals surface area contributed by atoms with Gasteiger partial charge in [-0.2, -0.15) is 0 Å². The summed E-state index contributed by atoms with van der Waals surface area (Å²) < 4.78 is 18.8. The molecule has 0 spiro atoms. The van der Waals surface area contributed by atoms with Gasteiger partial charge in [-0.05, 0) is 55.2 Å². The van der Waals surface area contributed by atoms with Gasteiger partial charge in [0.05, 0.1) is 5.02 Å². The van der Waals surface area contributed by atoms with Crippen molar-refractivity contribution in [2.24, 2.45) is 5.41 Å². The summed E-state index contributed by atoms with van der Waals surface area (Å²) in [5.41, 5.74) is 0.422. The van der Waals surface area contributed by atoms with Gasteiger partial charge in [-0.3, -0.25) is 9.59 Å². The Bertz CT molecular complexity index is 964. The number of rotatable bonds is 8. The van der Waals surface area contributed by atoms with Gasteiger partial charge in [0.15, 0.2) is 12.4 Å². The molecule has 3 saturated carbocycles. The molecule has 5 rings (SSSR count). The van der Waals surface area contributed by atoms with Crippen LogP contribution in [-0.4, -0.2) is 35.1 Å². The van der Waals surface area contributed by atoms with E-state index in [2.05, 4.69) is 10.3 Å². The summed E-state index contributed by atoms with van der Waals surface area (Å²) in [6, 6.07) is 7.65. The van der Waals surface area contributed by atoms with E-state index < -0.39 is 5.82 Å². The number of hydrogen-bond acceptors (Lipinski definition) is 5. The number of nitrogens with zero attached hydrogens (tertiary/aromatic N) is 1. The molecule has 0 saturated heterocycles. The maximum Gasteiger partial charge on any atom is 0.258 e. The summed E-state index contributed by atoms with van der Waals surface area (Å²) in [5.74, 6) is -0.483. The summed E-state index contributed by atoms with van der Waals surface area (Å²) in [7, 11) is 0. The normalized spacial score (nSPS) is 24.2. The number of Topliss-reactive ketones (excluding diaryl/α,β-unsaturated/α-hetero) is 1. The zero-order valence-corrected chi connectivity index (χ0v) is 17.4. The lowest BCUT2D eigenvalue weighted by Crippen LogP contribution is -2.75. The molecule has 8 heteroatoms. The number of benzene rings is 1. The quantitative estimate of drug-likeness (QED) is 0.496. The predicted octanol–water partition coefficient (Wildman–Crippen LogP) is 4.29. The molecular formula is C21H20ClFN2O3S. The molecule has 0 atom stereocenters. The zero-order valence-electron chi connectivity index (χ0n) is 15.8. The molecule has 0 unspecified atom stereocenters. The lowest BCUT2D eigenvalue weighted by Gasteiger charge is -2.70. The van der Waals surface area contributed by atoms with Gasteiger partial charge < -0.3 is 10.1 Å². The summed E-state index contributed by atoms with van der Waals surface area (Å²) in [6.07, 6.45) is 6.45. The lowest BCUT2D eigenvalue weighted by atomic mass is 9.38. The molecule has 1 heterocycles. The zero-order chi connectivity index (χ0) is 20.6. The lowest BCUT2D eigenvalue weighted by molar-refractivity contribution is -0.164. The molecule has 3 fully saturated rings. The van der Waals surface area contributed by atoms with Gasteiger partial charge in [0.25, 0.3) is 5.91 Å². The number of carbonyl (C=O) groups excluding carboxylic acids is 2. The van der Waals surface area contributed by atoms with Crippen LogP contribution in [-0.2, 0) is 4.79 Å². The molecule has 5 nitrogen and oxygen atoms in total. The Kier molecular flexibility index (Phi) is 5.29. The molecule has 1 N–H and O–H groups in total. The topological polar surface area (TPSA) is 68.3 Å². The fraction of sp³-hybridized carbons (Fsp3) is 0.381. The number of carbonyl (C=O) groups is 2. The fourth-order valence-electron chi connectivity index (χ4n) is 4.57. The maximum atomic E-state index is 13.4. The van der Waals surface area contributed by atoms with Gasteiger partial charge in [0.2, 0.25) is 0 Å². The van der Waals surface area contributed by atoms with Gasteiger partial charge in [-0.15, -0.1) is 11.8 Å². The number of aromatic nitrogens is 1. The third-order valence-electron chi connectivity index (χ3n) is 5.61. The molecule has 1 aromatic heterocycles. The van der Waals surface area contributed by atoms with E-state index in [1.807, 2.05) is 12.3 Å². The number of thioether (sulfide) groups is 1. The molecule has 0 aliphatic heterocycles. The van der Waals surface area contributed by atoms with E-state index in [4.69, 9.17) is 16.3 Å².